The summed E-state index contributed by atoms with van der Waals surface area (Å²) in [5.74, 6) is 2.12. The Kier molecular flexibility index (Phi) is 5.64. The van der Waals surface area contributed by atoms with Gasteiger partial charge in [-0.1, -0.05) is 37.6 Å². The first kappa shape index (κ1) is 20.2. The number of halogens is 1. The number of ether oxygens (including phenoxy) is 1. The Morgan fingerprint density at radius 1 is 1.07 bits per heavy atom. The molecule has 2 heterocycles. The van der Waals surface area contributed by atoms with Gasteiger partial charge < -0.3 is 9.30 Å². The first-order valence-electron chi connectivity index (χ1n) is 9.96. The predicted octanol–water partition coefficient (Wildman–Crippen LogP) is 5.16. The van der Waals surface area contributed by atoms with Crippen LogP contribution in [0.2, 0.25) is 5.02 Å². The van der Waals surface area contributed by atoms with Gasteiger partial charge in [-0.2, -0.15) is 0 Å². The van der Waals surface area contributed by atoms with Gasteiger partial charge in [-0.25, -0.2) is 4.98 Å². The smallest absolute Gasteiger partial charge is 0.258 e. The molecule has 5 nitrogen and oxygen atoms in total. The number of fused-ring (bicyclic) bond motifs is 1. The molecular formula is C24H24ClN3O2. The fourth-order valence-corrected chi connectivity index (χ4v) is 3.56. The first-order valence-corrected chi connectivity index (χ1v) is 10.3. The molecular weight excluding hydrogens is 398 g/mol. The highest BCUT2D eigenvalue weighted by Gasteiger charge is 2.11. The molecule has 2 aromatic carbocycles. The molecule has 0 saturated carbocycles. The highest BCUT2D eigenvalue weighted by Crippen LogP contribution is 2.21. The summed E-state index contributed by atoms with van der Waals surface area (Å²) in [5.41, 5.74) is 3.59. The number of rotatable bonds is 6. The number of hydrogen-bond donors (Lipinski definition) is 0. The van der Waals surface area contributed by atoms with Crippen LogP contribution in [0.3, 0.4) is 0 Å². The van der Waals surface area contributed by atoms with Gasteiger partial charge in [0, 0.05) is 30.8 Å². The summed E-state index contributed by atoms with van der Waals surface area (Å²) >= 11 is 5.90. The van der Waals surface area contributed by atoms with Crippen LogP contribution in [0.5, 0.6) is 5.75 Å². The van der Waals surface area contributed by atoms with E-state index in [1.165, 1.54) is 6.07 Å². The molecule has 0 bridgehead atoms. The van der Waals surface area contributed by atoms with Gasteiger partial charge in [-0.15, -0.1) is 0 Å². The molecule has 0 N–H and O–H groups in total. The fourth-order valence-electron chi connectivity index (χ4n) is 3.44. The Labute approximate surface area is 180 Å². The van der Waals surface area contributed by atoms with E-state index in [-0.39, 0.29) is 5.56 Å². The SMILES string of the molecule is CC(C)Cc1nc2ccc(-n3ccc(OCc4ccc(Cl)cc4)cc3=O)cc2n1C. The fraction of sp³-hybridized carbons (Fsp3) is 0.250. The maximum Gasteiger partial charge on any atom is 0.258 e. The molecule has 0 radical (unpaired) electrons. The summed E-state index contributed by atoms with van der Waals surface area (Å²) in [4.78, 5) is 17.4. The van der Waals surface area contributed by atoms with Gasteiger partial charge in [0.25, 0.3) is 5.56 Å². The Morgan fingerprint density at radius 3 is 2.53 bits per heavy atom. The van der Waals surface area contributed by atoms with Crippen LogP contribution in [0.25, 0.3) is 16.7 Å². The van der Waals surface area contributed by atoms with Crippen LogP contribution < -0.4 is 10.3 Å². The summed E-state index contributed by atoms with van der Waals surface area (Å²) in [7, 11) is 2.02. The second-order valence-electron chi connectivity index (χ2n) is 7.84. The summed E-state index contributed by atoms with van der Waals surface area (Å²) in [5, 5.41) is 0.683. The third-order valence-corrected chi connectivity index (χ3v) is 5.29. The lowest BCUT2D eigenvalue weighted by atomic mass is 10.1. The topological polar surface area (TPSA) is 49.1 Å². The van der Waals surface area contributed by atoms with E-state index in [0.717, 1.165) is 34.5 Å². The molecule has 6 heteroatoms. The number of pyridine rings is 1. The van der Waals surface area contributed by atoms with E-state index < -0.39 is 0 Å². The lowest BCUT2D eigenvalue weighted by Crippen LogP contribution is -2.16. The maximum absolute atomic E-state index is 12.7. The molecule has 30 heavy (non-hydrogen) atoms. The lowest BCUT2D eigenvalue weighted by molar-refractivity contribution is 0.305. The third kappa shape index (κ3) is 4.26. The molecule has 4 aromatic rings. The van der Waals surface area contributed by atoms with E-state index in [1.54, 1.807) is 16.8 Å². The Balaban J connectivity index is 1.57. The van der Waals surface area contributed by atoms with Crippen molar-refractivity contribution in [2.24, 2.45) is 13.0 Å². The van der Waals surface area contributed by atoms with Gasteiger partial charge in [0.05, 0.1) is 16.7 Å². The van der Waals surface area contributed by atoms with Gasteiger partial charge in [0.2, 0.25) is 0 Å². The minimum Gasteiger partial charge on any atom is -0.489 e. The molecule has 4 rings (SSSR count). The van der Waals surface area contributed by atoms with E-state index in [9.17, 15) is 4.79 Å². The summed E-state index contributed by atoms with van der Waals surface area (Å²) < 4.78 is 9.48. The van der Waals surface area contributed by atoms with Crippen molar-refractivity contribution in [1.82, 2.24) is 14.1 Å². The molecule has 0 amide bonds. The van der Waals surface area contributed by atoms with Crippen molar-refractivity contribution < 1.29 is 4.74 Å². The Morgan fingerprint density at radius 2 is 1.83 bits per heavy atom. The molecule has 0 atom stereocenters. The molecule has 154 valence electrons. The average molecular weight is 422 g/mol. The van der Waals surface area contributed by atoms with Crippen LogP contribution in [0.1, 0.15) is 25.2 Å². The minimum atomic E-state index is -0.146. The number of benzene rings is 2. The molecule has 0 aliphatic rings. The van der Waals surface area contributed by atoms with Crippen LogP contribution in [0.15, 0.2) is 65.6 Å². The van der Waals surface area contributed by atoms with Crippen molar-refractivity contribution in [2.75, 3.05) is 0 Å². The van der Waals surface area contributed by atoms with E-state index in [4.69, 9.17) is 21.3 Å². The maximum atomic E-state index is 12.7. The highest BCUT2D eigenvalue weighted by atomic mass is 35.5. The molecule has 0 aliphatic heterocycles. The zero-order valence-corrected chi connectivity index (χ0v) is 18.1. The van der Waals surface area contributed by atoms with Crippen LogP contribution in [0, 0.1) is 5.92 Å². The summed E-state index contributed by atoms with van der Waals surface area (Å²) in [6.45, 7) is 4.74. The Bertz CT molecular complexity index is 1240. The van der Waals surface area contributed by atoms with Crippen molar-refractivity contribution in [1.29, 1.82) is 0 Å². The Hall–Kier alpha value is -3.05. The van der Waals surface area contributed by atoms with Crippen LogP contribution in [0.4, 0.5) is 0 Å². The van der Waals surface area contributed by atoms with Gasteiger partial charge in [-0.05, 0) is 47.9 Å². The van der Waals surface area contributed by atoms with Crippen molar-refractivity contribution >= 4 is 22.6 Å². The number of imidazole rings is 1. The third-order valence-electron chi connectivity index (χ3n) is 5.04. The highest BCUT2D eigenvalue weighted by molar-refractivity contribution is 6.30. The van der Waals surface area contributed by atoms with Crippen molar-refractivity contribution in [3.63, 3.8) is 0 Å². The second kappa shape index (κ2) is 8.36. The minimum absolute atomic E-state index is 0.146. The van der Waals surface area contributed by atoms with Crippen LogP contribution in [-0.2, 0) is 20.1 Å². The monoisotopic (exact) mass is 421 g/mol. The van der Waals surface area contributed by atoms with Crippen molar-refractivity contribution in [2.45, 2.75) is 26.9 Å². The van der Waals surface area contributed by atoms with Gasteiger partial charge in [0.1, 0.15) is 18.2 Å². The zero-order valence-electron chi connectivity index (χ0n) is 17.3. The normalized spacial score (nSPS) is 11.4. The van der Waals surface area contributed by atoms with E-state index in [1.807, 2.05) is 49.5 Å². The van der Waals surface area contributed by atoms with E-state index >= 15 is 0 Å². The quantitative estimate of drug-likeness (QED) is 0.432. The van der Waals surface area contributed by atoms with Crippen molar-refractivity contribution in [3.8, 4) is 11.4 Å². The number of aromatic nitrogens is 3. The van der Waals surface area contributed by atoms with E-state index in [0.29, 0.717) is 23.3 Å². The summed E-state index contributed by atoms with van der Waals surface area (Å²) in [6, 6.07) is 16.6. The largest absolute Gasteiger partial charge is 0.489 e. The molecule has 0 fully saturated rings. The van der Waals surface area contributed by atoms with Crippen LogP contribution in [-0.4, -0.2) is 14.1 Å². The molecule has 0 saturated heterocycles. The van der Waals surface area contributed by atoms with Gasteiger partial charge in [0.15, 0.2) is 0 Å². The molecule has 0 unspecified atom stereocenters. The lowest BCUT2D eigenvalue weighted by Gasteiger charge is -2.10. The number of aryl methyl sites for hydroxylation is 1. The number of hydrogen-bond acceptors (Lipinski definition) is 3. The standard InChI is InChI=1S/C24H24ClN3O2/c1-16(2)12-23-26-21-9-8-19(13-22(21)27(23)3)28-11-10-20(14-24(28)29)30-15-17-4-6-18(25)7-5-17/h4-11,13-14,16H,12,15H2,1-3H3. The van der Waals surface area contributed by atoms with Gasteiger partial charge >= 0.3 is 0 Å². The predicted molar refractivity (Wildman–Crippen MR) is 121 cm³/mol. The van der Waals surface area contributed by atoms with E-state index in [2.05, 4.69) is 18.4 Å². The zero-order chi connectivity index (χ0) is 21.3. The molecule has 2 aromatic heterocycles. The number of nitrogens with zero attached hydrogens (tertiary/aromatic N) is 3. The first-order chi connectivity index (χ1) is 14.4. The molecule has 0 spiro atoms. The van der Waals surface area contributed by atoms with Crippen LogP contribution >= 0.6 is 11.6 Å². The van der Waals surface area contributed by atoms with Gasteiger partial charge in [-0.3, -0.25) is 9.36 Å². The van der Waals surface area contributed by atoms with Crippen molar-refractivity contribution in [3.05, 3.63) is 87.6 Å². The summed E-state index contributed by atoms with van der Waals surface area (Å²) in [6.07, 6.45) is 2.66. The molecule has 0 aliphatic carbocycles. The second-order valence-corrected chi connectivity index (χ2v) is 8.28. The average Bonchev–Trinajstić information content (AvgIpc) is 3.02.